The zero-order valence-electron chi connectivity index (χ0n) is 7.12. The van der Waals surface area contributed by atoms with Gasteiger partial charge in [0.2, 0.25) is 0 Å². The maximum absolute atomic E-state index is 5.84. The van der Waals surface area contributed by atoms with Crippen LogP contribution in [0.15, 0.2) is 0 Å². The highest BCUT2D eigenvalue weighted by atomic mass is 35.5. The van der Waals surface area contributed by atoms with Crippen molar-refractivity contribution in [3.8, 4) is 0 Å². The zero-order chi connectivity index (χ0) is 6.85. The van der Waals surface area contributed by atoms with E-state index in [1.807, 2.05) is 0 Å². The third-order valence-electron chi connectivity index (χ3n) is 2.19. The van der Waals surface area contributed by atoms with Gasteiger partial charge in [0.15, 0.2) is 0 Å². The first-order chi connectivity index (χ1) is 4.22. The van der Waals surface area contributed by atoms with E-state index in [4.69, 9.17) is 5.73 Å². The number of halogens is 2. The van der Waals surface area contributed by atoms with Gasteiger partial charge in [-0.3, -0.25) is 0 Å². The van der Waals surface area contributed by atoms with Gasteiger partial charge in [-0.25, -0.2) is 0 Å². The van der Waals surface area contributed by atoms with Crippen molar-refractivity contribution in [3.05, 3.63) is 0 Å². The minimum Gasteiger partial charge on any atom is -0.326 e. The Labute approximate surface area is 81.3 Å². The van der Waals surface area contributed by atoms with Crippen LogP contribution in [0.5, 0.6) is 0 Å². The van der Waals surface area contributed by atoms with E-state index in [-0.39, 0.29) is 24.8 Å². The molecule has 0 saturated heterocycles. The summed E-state index contributed by atoms with van der Waals surface area (Å²) in [5.74, 6) is 0. The second-order valence-electron chi connectivity index (χ2n) is 3.13. The molecular weight excluding hydrogens is 183 g/mol. The highest BCUT2D eigenvalue weighted by Crippen LogP contribution is 2.20. The first-order valence-electron chi connectivity index (χ1n) is 3.64. The fourth-order valence-corrected chi connectivity index (χ4v) is 1.61. The maximum atomic E-state index is 5.84. The van der Waals surface area contributed by atoms with Crippen molar-refractivity contribution in [2.75, 3.05) is 14.1 Å². The van der Waals surface area contributed by atoms with Crippen molar-refractivity contribution in [1.82, 2.24) is 4.90 Å². The lowest BCUT2D eigenvalue weighted by atomic mass is 10.2. The Hall–Kier alpha value is 0.500. The summed E-state index contributed by atoms with van der Waals surface area (Å²) in [7, 11) is 4.21. The third kappa shape index (κ3) is 3.61. The molecular formula is C7H18Cl2N2. The van der Waals surface area contributed by atoms with Crippen molar-refractivity contribution in [1.29, 1.82) is 0 Å². The SMILES string of the molecule is CN(C)[C@@H]1CCC[C@@H]1N.Cl.Cl. The van der Waals surface area contributed by atoms with Gasteiger partial charge in [0.1, 0.15) is 0 Å². The number of hydrogen-bond donors (Lipinski definition) is 1. The second kappa shape index (κ2) is 6.06. The lowest BCUT2D eigenvalue weighted by molar-refractivity contribution is 0.277. The van der Waals surface area contributed by atoms with Crippen LogP contribution in [0.4, 0.5) is 0 Å². The van der Waals surface area contributed by atoms with E-state index in [0.717, 1.165) is 0 Å². The predicted molar refractivity (Wildman–Crippen MR) is 53.8 cm³/mol. The van der Waals surface area contributed by atoms with Crippen molar-refractivity contribution in [2.45, 2.75) is 31.3 Å². The Morgan fingerprint density at radius 3 is 1.91 bits per heavy atom. The molecule has 0 aromatic carbocycles. The average molecular weight is 201 g/mol. The van der Waals surface area contributed by atoms with E-state index < -0.39 is 0 Å². The Morgan fingerprint density at radius 1 is 1.18 bits per heavy atom. The molecule has 4 heteroatoms. The molecule has 0 aromatic rings. The Morgan fingerprint density at radius 2 is 1.73 bits per heavy atom. The molecule has 1 saturated carbocycles. The maximum Gasteiger partial charge on any atom is 0.0241 e. The van der Waals surface area contributed by atoms with E-state index in [9.17, 15) is 0 Å². The molecule has 0 aliphatic heterocycles. The summed E-state index contributed by atoms with van der Waals surface area (Å²) in [6, 6.07) is 1.07. The molecule has 0 radical (unpaired) electrons. The first-order valence-corrected chi connectivity index (χ1v) is 3.64. The van der Waals surface area contributed by atoms with Crippen LogP contribution >= 0.6 is 24.8 Å². The van der Waals surface area contributed by atoms with Crippen molar-refractivity contribution in [3.63, 3.8) is 0 Å². The van der Waals surface area contributed by atoms with E-state index in [1.165, 1.54) is 19.3 Å². The molecule has 1 fully saturated rings. The van der Waals surface area contributed by atoms with E-state index >= 15 is 0 Å². The quantitative estimate of drug-likeness (QED) is 0.692. The van der Waals surface area contributed by atoms with Crippen LogP contribution in [0.2, 0.25) is 0 Å². The van der Waals surface area contributed by atoms with Gasteiger partial charge in [-0.2, -0.15) is 0 Å². The lowest BCUT2D eigenvalue weighted by Gasteiger charge is -2.22. The molecule has 0 spiro atoms. The Bertz CT molecular complexity index is 98.4. The summed E-state index contributed by atoms with van der Waals surface area (Å²) in [5, 5.41) is 0. The van der Waals surface area contributed by atoms with Gasteiger partial charge in [-0.05, 0) is 26.9 Å². The monoisotopic (exact) mass is 200 g/mol. The van der Waals surface area contributed by atoms with Crippen LogP contribution in [-0.4, -0.2) is 31.1 Å². The topological polar surface area (TPSA) is 29.3 Å². The first kappa shape index (κ1) is 14.0. The molecule has 2 atom stereocenters. The fourth-order valence-electron chi connectivity index (χ4n) is 1.61. The largest absolute Gasteiger partial charge is 0.326 e. The van der Waals surface area contributed by atoms with Gasteiger partial charge in [-0.1, -0.05) is 6.42 Å². The van der Waals surface area contributed by atoms with Crippen LogP contribution in [0.3, 0.4) is 0 Å². The van der Waals surface area contributed by atoms with Crippen molar-refractivity contribution in [2.24, 2.45) is 5.73 Å². The summed E-state index contributed by atoms with van der Waals surface area (Å²) < 4.78 is 0. The van der Waals surface area contributed by atoms with Gasteiger partial charge in [-0.15, -0.1) is 24.8 Å². The molecule has 1 aliphatic rings. The van der Waals surface area contributed by atoms with Crippen LogP contribution in [-0.2, 0) is 0 Å². The number of rotatable bonds is 1. The van der Waals surface area contributed by atoms with E-state index in [1.54, 1.807) is 0 Å². The summed E-state index contributed by atoms with van der Waals surface area (Å²) in [4.78, 5) is 2.23. The zero-order valence-corrected chi connectivity index (χ0v) is 8.75. The molecule has 2 N–H and O–H groups in total. The van der Waals surface area contributed by atoms with Crippen LogP contribution < -0.4 is 5.73 Å². The average Bonchev–Trinajstić information content (AvgIpc) is 2.13. The van der Waals surface area contributed by atoms with Crippen molar-refractivity contribution < 1.29 is 0 Å². The molecule has 2 nitrogen and oxygen atoms in total. The molecule has 70 valence electrons. The lowest BCUT2D eigenvalue weighted by Crippen LogP contribution is -2.39. The van der Waals surface area contributed by atoms with E-state index in [0.29, 0.717) is 12.1 Å². The Kier molecular flexibility index (Phi) is 7.75. The molecule has 0 heterocycles. The van der Waals surface area contributed by atoms with E-state index in [2.05, 4.69) is 19.0 Å². The van der Waals surface area contributed by atoms with Gasteiger partial charge >= 0.3 is 0 Å². The molecule has 1 aliphatic carbocycles. The van der Waals surface area contributed by atoms with Gasteiger partial charge in [0.05, 0.1) is 0 Å². The van der Waals surface area contributed by atoms with Crippen molar-refractivity contribution >= 4 is 24.8 Å². The highest BCUT2D eigenvalue weighted by molar-refractivity contribution is 5.85. The highest BCUT2D eigenvalue weighted by Gasteiger charge is 2.24. The normalized spacial score (nSPS) is 29.5. The molecule has 0 bridgehead atoms. The standard InChI is InChI=1S/C7H16N2.2ClH/c1-9(2)7-5-3-4-6(7)8;;/h6-7H,3-5,8H2,1-2H3;2*1H/t6-,7+;;/m0../s1. The third-order valence-corrected chi connectivity index (χ3v) is 2.19. The van der Waals surface area contributed by atoms with Gasteiger partial charge in [0.25, 0.3) is 0 Å². The summed E-state index contributed by atoms with van der Waals surface area (Å²) in [6.07, 6.45) is 3.81. The predicted octanol–water partition coefficient (Wildman–Crippen LogP) is 1.27. The smallest absolute Gasteiger partial charge is 0.0241 e. The number of hydrogen-bond acceptors (Lipinski definition) is 2. The summed E-state index contributed by atoms with van der Waals surface area (Å²) >= 11 is 0. The Balaban J connectivity index is 0. The summed E-state index contributed by atoms with van der Waals surface area (Å²) in [6.45, 7) is 0. The number of nitrogens with zero attached hydrogens (tertiary/aromatic N) is 1. The van der Waals surface area contributed by atoms with Gasteiger partial charge < -0.3 is 10.6 Å². The molecule has 0 unspecified atom stereocenters. The number of nitrogens with two attached hydrogens (primary N) is 1. The molecule has 0 amide bonds. The minimum absolute atomic E-state index is 0. The molecule has 11 heavy (non-hydrogen) atoms. The van der Waals surface area contributed by atoms with Crippen LogP contribution in [0, 0.1) is 0 Å². The number of likely N-dealkylation sites (N-methyl/N-ethyl adjacent to an activating group) is 1. The van der Waals surface area contributed by atoms with Crippen LogP contribution in [0.1, 0.15) is 19.3 Å². The second-order valence-corrected chi connectivity index (χ2v) is 3.13. The molecule has 0 aromatic heterocycles. The van der Waals surface area contributed by atoms with Gasteiger partial charge in [0, 0.05) is 12.1 Å². The van der Waals surface area contributed by atoms with Crippen LogP contribution in [0.25, 0.3) is 0 Å². The molecule has 1 rings (SSSR count). The summed E-state index contributed by atoms with van der Waals surface area (Å²) in [5.41, 5.74) is 5.84. The fraction of sp³-hybridized carbons (Fsp3) is 1.00. The minimum atomic E-state index is 0.